The largest absolute Gasteiger partial charge is 0.483 e. The molecule has 0 fully saturated rings. The highest BCUT2D eigenvalue weighted by molar-refractivity contribution is 5.91. The summed E-state index contributed by atoms with van der Waals surface area (Å²) in [6, 6.07) is 19.9. The van der Waals surface area contributed by atoms with Gasteiger partial charge in [0.05, 0.1) is 11.2 Å². The van der Waals surface area contributed by atoms with Gasteiger partial charge in [-0.2, -0.15) is 5.10 Å². The van der Waals surface area contributed by atoms with Crippen molar-refractivity contribution in [3.63, 3.8) is 0 Å². The van der Waals surface area contributed by atoms with Crippen LogP contribution in [0.3, 0.4) is 0 Å². The zero-order valence-corrected chi connectivity index (χ0v) is 16.9. The van der Waals surface area contributed by atoms with E-state index < -0.39 is 0 Å². The zero-order valence-electron chi connectivity index (χ0n) is 16.9. The first-order valence-electron chi connectivity index (χ1n) is 9.44. The van der Waals surface area contributed by atoms with Gasteiger partial charge in [0, 0.05) is 12.5 Å². The van der Waals surface area contributed by atoms with Crippen molar-refractivity contribution in [2.75, 3.05) is 11.9 Å². The number of anilines is 1. The average Bonchev–Trinajstić information content (AvgIpc) is 3.02. The molecule has 3 rings (SSSR count). The predicted molar refractivity (Wildman–Crippen MR) is 112 cm³/mol. The summed E-state index contributed by atoms with van der Waals surface area (Å²) in [5.41, 5.74) is 2.89. The van der Waals surface area contributed by atoms with E-state index in [1.807, 2.05) is 80.9 Å². The molecule has 1 aromatic heterocycles. The van der Waals surface area contributed by atoms with Crippen LogP contribution in [0.4, 0.5) is 5.82 Å². The van der Waals surface area contributed by atoms with E-state index in [1.165, 1.54) is 5.56 Å². The van der Waals surface area contributed by atoms with Gasteiger partial charge in [-0.05, 0) is 44.9 Å². The van der Waals surface area contributed by atoms with Crippen molar-refractivity contribution in [1.82, 2.24) is 9.78 Å². The van der Waals surface area contributed by atoms with E-state index in [4.69, 9.17) is 4.74 Å². The van der Waals surface area contributed by atoms with Crippen molar-refractivity contribution in [2.24, 2.45) is 0 Å². The predicted octanol–water partition coefficient (Wildman–Crippen LogP) is 4.55. The summed E-state index contributed by atoms with van der Waals surface area (Å²) < 4.78 is 7.66. The smallest absolute Gasteiger partial charge is 0.263 e. The van der Waals surface area contributed by atoms with Gasteiger partial charge in [0.1, 0.15) is 11.6 Å². The third kappa shape index (κ3) is 5.00. The Hall–Kier alpha value is -3.08. The Kier molecular flexibility index (Phi) is 5.83. The van der Waals surface area contributed by atoms with Crippen LogP contribution in [0.2, 0.25) is 0 Å². The first-order valence-corrected chi connectivity index (χ1v) is 9.44. The van der Waals surface area contributed by atoms with Gasteiger partial charge in [0.2, 0.25) is 0 Å². The monoisotopic (exact) mass is 377 g/mol. The second-order valence-electron chi connectivity index (χ2n) is 7.86. The SMILES string of the molecule is Cc1cc(NC(=O)COc2ccccc2Cc2ccccc2)n(C(C)(C)C)n1. The molecule has 0 aliphatic carbocycles. The second-order valence-corrected chi connectivity index (χ2v) is 7.86. The molecule has 1 amide bonds. The topological polar surface area (TPSA) is 56.1 Å². The van der Waals surface area contributed by atoms with Crippen molar-refractivity contribution in [2.45, 2.75) is 39.7 Å². The van der Waals surface area contributed by atoms with E-state index >= 15 is 0 Å². The van der Waals surface area contributed by atoms with Crippen LogP contribution >= 0.6 is 0 Å². The van der Waals surface area contributed by atoms with E-state index in [0.717, 1.165) is 23.4 Å². The van der Waals surface area contributed by atoms with Crippen LogP contribution in [0.25, 0.3) is 0 Å². The molecule has 5 nitrogen and oxygen atoms in total. The molecule has 28 heavy (non-hydrogen) atoms. The number of rotatable bonds is 6. The number of amides is 1. The number of para-hydroxylation sites is 1. The molecular weight excluding hydrogens is 350 g/mol. The lowest BCUT2D eigenvalue weighted by molar-refractivity contribution is -0.118. The third-order valence-corrected chi connectivity index (χ3v) is 4.30. The fraction of sp³-hybridized carbons (Fsp3) is 0.304. The molecule has 0 radical (unpaired) electrons. The maximum Gasteiger partial charge on any atom is 0.263 e. The summed E-state index contributed by atoms with van der Waals surface area (Å²) >= 11 is 0. The number of nitrogens with one attached hydrogen (secondary N) is 1. The van der Waals surface area contributed by atoms with Crippen LogP contribution < -0.4 is 10.1 Å². The molecule has 0 saturated carbocycles. The van der Waals surface area contributed by atoms with Crippen molar-refractivity contribution in [3.05, 3.63) is 77.5 Å². The van der Waals surface area contributed by atoms with Gasteiger partial charge in [-0.25, -0.2) is 4.68 Å². The number of nitrogens with zero attached hydrogens (tertiary/aromatic N) is 2. The van der Waals surface area contributed by atoms with Gasteiger partial charge in [0.15, 0.2) is 6.61 Å². The maximum atomic E-state index is 12.5. The van der Waals surface area contributed by atoms with E-state index in [0.29, 0.717) is 5.82 Å². The van der Waals surface area contributed by atoms with Crippen LogP contribution in [0.5, 0.6) is 5.75 Å². The van der Waals surface area contributed by atoms with E-state index in [-0.39, 0.29) is 18.1 Å². The highest BCUT2D eigenvalue weighted by Crippen LogP contribution is 2.23. The Morgan fingerprint density at radius 2 is 1.75 bits per heavy atom. The molecular formula is C23H27N3O2. The molecule has 2 aromatic carbocycles. The lowest BCUT2D eigenvalue weighted by Crippen LogP contribution is -2.28. The van der Waals surface area contributed by atoms with Gasteiger partial charge in [0.25, 0.3) is 5.91 Å². The number of benzene rings is 2. The maximum absolute atomic E-state index is 12.5. The van der Waals surface area contributed by atoms with Gasteiger partial charge in [-0.1, -0.05) is 48.5 Å². The first kappa shape index (κ1) is 19.7. The standard InChI is InChI=1S/C23H27N3O2/c1-17-14-21(26(25-17)23(2,3)4)24-22(27)16-28-20-13-9-8-12-19(20)15-18-10-6-5-7-11-18/h5-14H,15-16H2,1-4H3,(H,24,27). The Morgan fingerprint density at radius 1 is 1.07 bits per heavy atom. The summed E-state index contributed by atoms with van der Waals surface area (Å²) in [5.74, 6) is 1.19. The Balaban J connectivity index is 1.66. The van der Waals surface area contributed by atoms with Crippen molar-refractivity contribution in [3.8, 4) is 5.75 Å². The van der Waals surface area contributed by atoms with Gasteiger partial charge >= 0.3 is 0 Å². The Bertz CT molecular complexity index is 940. The van der Waals surface area contributed by atoms with E-state index in [2.05, 4.69) is 22.5 Å². The number of carbonyl (C=O) groups excluding carboxylic acids is 1. The highest BCUT2D eigenvalue weighted by Gasteiger charge is 2.20. The quantitative estimate of drug-likeness (QED) is 0.685. The second kappa shape index (κ2) is 8.30. The molecule has 0 atom stereocenters. The minimum atomic E-state index is -0.222. The number of aromatic nitrogens is 2. The number of hydrogen-bond donors (Lipinski definition) is 1. The lowest BCUT2D eigenvalue weighted by Gasteiger charge is -2.22. The Morgan fingerprint density at radius 3 is 2.46 bits per heavy atom. The van der Waals surface area contributed by atoms with Crippen molar-refractivity contribution in [1.29, 1.82) is 0 Å². The molecule has 0 aliphatic rings. The number of carbonyl (C=O) groups is 1. The molecule has 1 heterocycles. The summed E-state index contributed by atoms with van der Waals surface area (Å²) in [7, 11) is 0. The highest BCUT2D eigenvalue weighted by atomic mass is 16.5. The molecule has 146 valence electrons. The molecule has 0 spiro atoms. The third-order valence-electron chi connectivity index (χ3n) is 4.30. The van der Waals surface area contributed by atoms with Crippen LogP contribution in [-0.2, 0) is 16.8 Å². The first-order chi connectivity index (χ1) is 13.3. The minimum absolute atomic E-state index is 0.0554. The van der Waals surface area contributed by atoms with Gasteiger partial charge < -0.3 is 10.1 Å². The molecule has 0 aliphatic heterocycles. The fourth-order valence-corrected chi connectivity index (χ4v) is 3.03. The number of hydrogen-bond acceptors (Lipinski definition) is 3. The molecule has 0 unspecified atom stereocenters. The molecule has 0 saturated heterocycles. The molecule has 0 bridgehead atoms. The Labute approximate surface area is 166 Å². The average molecular weight is 377 g/mol. The van der Waals surface area contributed by atoms with Crippen LogP contribution in [-0.4, -0.2) is 22.3 Å². The fourth-order valence-electron chi connectivity index (χ4n) is 3.03. The minimum Gasteiger partial charge on any atom is -0.483 e. The summed E-state index contributed by atoms with van der Waals surface area (Å²) in [4.78, 5) is 12.5. The number of aryl methyl sites for hydroxylation is 1. The normalized spacial score (nSPS) is 11.3. The van der Waals surface area contributed by atoms with Crippen molar-refractivity contribution >= 4 is 11.7 Å². The van der Waals surface area contributed by atoms with Gasteiger partial charge in [-0.3, -0.25) is 4.79 Å². The van der Waals surface area contributed by atoms with E-state index in [9.17, 15) is 4.79 Å². The van der Waals surface area contributed by atoms with Crippen molar-refractivity contribution < 1.29 is 9.53 Å². The van der Waals surface area contributed by atoms with Crippen LogP contribution in [0.15, 0.2) is 60.7 Å². The van der Waals surface area contributed by atoms with Crippen LogP contribution in [0.1, 0.15) is 37.6 Å². The summed E-state index contributed by atoms with van der Waals surface area (Å²) in [6.07, 6.45) is 0.759. The zero-order chi connectivity index (χ0) is 20.1. The number of ether oxygens (including phenoxy) is 1. The molecule has 5 heteroatoms. The lowest BCUT2D eigenvalue weighted by atomic mass is 10.0. The molecule has 1 N–H and O–H groups in total. The van der Waals surface area contributed by atoms with E-state index in [1.54, 1.807) is 0 Å². The summed E-state index contributed by atoms with van der Waals surface area (Å²) in [6.45, 7) is 8.00. The summed E-state index contributed by atoms with van der Waals surface area (Å²) in [5, 5.41) is 7.39. The van der Waals surface area contributed by atoms with Crippen LogP contribution in [0, 0.1) is 6.92 Å². The van der Waals surface area contributed by atoms with Gasteiger partial charge in [-0.15, -0.1) is 0 Å². The molecule has 3 aromatic rings.